The average molecular weight is 463 g/mol. The van der Waals surface area contributed by atoms with Gasteiger partial charge in [0.2, 0.25) is 5.91 Å². The van der Waals surface area contributed by atoms with Crippen LogP contribution in [-0.4, -0.2) is 37.4 Å². The molecule has 10 heteroatoms. The van der Waals surface area contributed by atoms with Gasteiger partial charge in [-0.15, -0.1) is 10.2 Å². The second-order valence-corrected chi connectivity index (χ2v) is 7.94. The van der Waals surface area contributed by atoms with Crippen LogP contribution < -0.4 is 10.6 Å². The van der Waals surface area contributed by atoms with E-state index in [1.54, 1.807) is 24.5 Å². The summed E-state index contributed by atoms with van der Waals surface area (Å²) in [5.41, 5.74) is 2.94. The number of furan rings is 1. The molecule has 4 aromatic rings. The molecule has 2 N–H and O–H groups in total. The average Bonchev–Trinajstić information content (AvgIpc) is 3.52. The lowest BCUT2D eigenvalue weighted by atomic mass is 10.1. The lowest BCUT2D eigenvalue weighted by Crippen LogP contribution is -2.39. The molecule has 0 fully saturated rings. The van der Waals surface area contributed by atoms with E-state index < -0.39 is 11.9 Å². The summed E-state index contributed by atoms with van der Waals surface area (Å²) in [6.07, 6.45) is 5.83. The predicted octanol–water partition coefficient (Wildman–Crippen LogP) is 3.60. The molecule has 33 heavy (non-hydrogen) atoms. The van der Waals surface area contributed by atoms with Crippen molar-refractivity contribution in [1.82, 2.24) is 30.4 Å². The number of benzene rings is 1. The Kier molecular flexibility index (Phi) is 7.16. The van der Waals surface area contributed by atoms with Crippen LogP contribution in [0.2, 0.25) is 0 Å². The third-order valence-electron chi connectivity index (χ3n) is 4.76. The molecule has 0 saturated carbocycles. The number of hydrogen-bond acceptors (Lipinski definition) is 7. The van der Waals surface area contributed by atoms with Crippen molar-refractivity contribution in [1.29, 1.82) is 0 Å². The van der Waals surface area contributed by atoms with Gasteiger partial charge >= 0.3 is 6.03 Å². The van der Waals surface area contributed by atoms with E-state index in [9.17, 15) is 9.59 Å². The molecule has 0 unspecified atom stereocenters. The summed E-state index contributed by atoms with van der Waals surface area (Å²) in [5, 5.41) is 14.1. The van der Waals surface area contributed by atoms with Crippen LogP contribution in [0.1, 0.15) is 18.2 Å². The number of pyridine rings is 1. The molecule has 9 nitrogen and oxygen atoms in total. The topological polar surface area (TPSA) is 115 Å². The molecule has 0 radical (unpaired) electrons. The van der Waals surface area contributed by atoms with Crippen LogP contribution in [0, 0.1) is 0 Å². The normalized spacial score (nSPS) is 10.7. The zero-order chi connectivity index (χ0) is 23.0. The molecule has 0 atom stereocenters. The van der Waals surface area contributed by atoms with Gasteiger partial charge in [-0.25, -0.2) is 4.79 Å². The van der Waals surface area contributed by atoms with Gasteiger partial charge in [0.1, 0.15) is 5.76 Å². The fraction of sp³-hybridized carbons (Fsp3) is 0.174. The number of aryl methyl sites for hydroxylation is 1. The highest BCUT2D eigenvalue weighted by atomic mass is 32.2. The molecule has 4 rings (SSSR count). The van der Waals surface area contributed by atoms with Crippen LogP contribution >= 0.6 is 11.8 Å². The van der Waals surface area contributed by atoms with Gasteiger partial charge in [-0.1, -0.05) is 30.8 Å². The van der Waals surface area contributed by atoms with Crippen molar-refractivity contribution in [3.05, 3.63) is 78.5 Å². The van der Waals surface area contributed by atoms with Gasteiger partial charge in [0, 0.05) is 23.6 Å². The molecule has 0 aliphatic heterocycles. The Morgan fingerprint density at radius 2 is 1.85 bits per heavy atom. The first-order valence-corrected chi connectivity index (χ1v) is 11.3. The number of thioether (sulfide) groups is 1. The van der Waals surface area contributed by atoms with E-state index in [0.29, 0.717) is 16.7 Å². The van der Waals surface area contributed by atoms with Crippen LogP contribution in [0.15, 0.2) is 76.8 Å². The summed E-state index contributed by atoms with van der Waals surface area (Å²) >= 11 is 1.20. The van der Waals surface area contributed by atoms with Crippen LogP contribution in [-0.2, 0) is 17.8 Å². The standard InChI is InChI=1S/C23H22N6O3S/c1-2-16-5-7-18(8-6-16)29-21(17-9-11-24-12-10-17)27-28-23(29)33-15-20(30)26-22(31)25-14-19-4-3-13-32-19/h3-13H,2,14-15H2,1H3,(H2,25,26,30,31). The third-order valence-corrected chi connectivity index (χ3v) is 5.69. The maximum Gasteiger partial charge on any atom is 0.321 e. The quantitative estimate of drug-likeness (QED) is 0.385. The minimum absolute atomic E-state index is 0.00427. The van der Waals surface area contributed by atoms with E-state index in [-0.39, 0.29) is 12.3 Å². The number of aromatic nitrogens is 4. The minimum atomic E-state index is -0.592. The molecule has 1 aromatic carbocycles. The Morgan fingerprint density at radius 3 is 2.55 bits per heavy atom. The van der Waals surface area contributed by atoms with E-state index in [2.05, 4.69) is 44.9 Å². The number of amides is 3. The Morgan fingerprint density at radius 1 is 1.06 bits per heavy atom. The van der Waals surface area contributed by atoms with Crippen molar-refractivity contribution in [3.63, 3.8) is 0 Å². The Hall–Kier alpha value is -3.92. The van der Waals surface area contributed by atoms with Gasteiger partial charge in [0.15, 0.2) is 11.0 Å². The van der Waals surface area contributed by atoms with Gasteiger partial charge in [0.05, 0.1) is 18.6 Å². The van der Waals surface area contributed by atoms with Crippen molar-refractivity contribution in [2.45, 2.75) is 25.0 Å². The van der Waals surface area contributed by atoms with Crippen LogP contribution in [0.25, 0.3) is 17.1 Å². The molecule has 3 aromatic heterocycles. The van der Waals surface area contributed by atoms with Gasteiger partial charge in [-0.05, 0) is 48.4 Å². The van der Waals surface area contributed by atoms with E-state index >= 15 is 0 Å². The number of rotatable bonds is 8. The van der Waals surface area contributed by atoms with Crippen molar-refractivity contribution in [2.75, 3.05) is 5.75 Å². The number of carbonyl (C=O) groups is 2. The van der Waals surface area contributed by atoms with Crippen molar-refractivity contribution in [2.24, 2.45) is 0 Å². The van der Waals surface area contributed by atoms with Crippen molar-refractivity contribution >= 4 is 23.7 Å². The Bertz CT molecular complexity index is 1210. The fourth-order valence-corrected chi connectivity index (χ4v) is 3.83. The largest absolute Gasteiger partial charge is 0.467 e. The first-order valence-electron chi connectivity index (χ1n) is 10.3. The van der Waals surface area contributed by atoms with E-state index in [4.69, 9.17) is 4.42 Å². The van der Waals surface area contributed by atoms with Gasteiger partial charge in [-0.3, -0.25) is 19.7 Å². The highest BCUT2D eigenvalue weighted by Crippen LogP contribution is 2.27. The number of nitrogens with zero attached hydrogens (tertiary/aromatic N) is 4. The van der Waals surface area contributed by atoms with E-state index in [0.717, 1.165) is 17.7 Å². The van der Waals surface area contributed by atoms with Gasteiger partial charge < -0.3 is 9.73 Å². The SMILES string of the molecule is CCc1ccc(-n2c(SCC(=O)NC(=O)NCc3ccco3)nnc2-c2ccncc2)cc1. The molecule has 0 aliphatic rings. The van der Waals surface area contributed by atoms with Crippen LogP contribution in [0.5, 0.6) is 0 Å². The predicted molar refractivity (Wildman–Crippen MR) is 124 cm³/mol. The zero-order valence-electron chi connectivity index (χ0n) is 17.9. The number of hydrogen-bond donors (Lipinski definition) is 2. The lowest BCUT2D eigenvalue weighted by molar-refractivity contribution is -0.117. The van der Waals surface area contributed by atoms with Gasteiger partial charge in [0.25, 0.3) is 0 Å². The lowest BCUT2D eigenvalue weighted by Gasteiger charge is -2.11. The number of urea groups is 1. The highest BCUT2D eigenvalue weighted by Gasteiger charge is 2.18. The maximum atomic E-state index is 12.3. The molecule has 0 spiro atoms. The number of imide groups is 1. The second kappa shape index (κ2) is 10.6. The summed E-state index contributed by atoms with van der Waals surface area (Å²) in [4.78, 5) is 28.3. The molecule has 168 valence electrons. The highest BCUT2D eigenvalue weighted by molar-refractivity contribution is 7.99. The molecular weight excluding hydrogens is 440 g/mol. The Balaban J connectivity index is 1.47. The summed E-state index contributed by atoms with van der Waals surface area (Å²) in [5.74, 6) is 0.784. The Labute approximate surface area is 194 Å². The molecule has 3 heterocycles. The molecule has 0 aliphatic carbocycles. The smallest absolute Gasteiger partial charge is 0.321 e. The molecule has 3 amide bonds. The molecule has 0 saturated heterocycles. The zero-order valence-corrected chi connectivity index (χ0v) is 18.7. The summed E-state index contributed by atoms with van der Waals surface area (Å²) < 4.78 is 7.04. The van der Waals surface area contributed by atoms with E-state index in [1.807, 2.05) is 28.8 Å². The third kappa shape index (κ3) is 5.66. The first-order chi connectivity index (χ1) is 16.1. The van der Waals surface area contributed by atoms with Crippen molar-refractivity contribution in [3.8, 4) is 17.1 Å². The van der Waals surface area contributed by atoms with Crippen molar-refractivity contribution < 1.29 is 14.0 Å². The molecule has 0 bridgehead atoms. The second-order valence-electron chi connectivity index (χ2n) is 7.00. The summed E-state index contributed by atoms with van der Waals surface area (Å²) in [7, 11) is 0. The first kappa shape index (κ1) is 22.3. The maximum absolute atomic E-state index is 12.3. The minimum Gasteiger partial charge on any atom is -0.467 e. The molecular formula is C23H22N6O3S. The fourth-order valence-electron chi connectivity index (χ4n) is 3.08. The van der Waals surface area contributed by atoms with Gasteiger partial charge in [-0.2, -0.15) is 0 Å². The van der Waals surface area contributed by atoms with Crippen LogP contribution in [0.3, 0.4) is 0 Å². The van der Waals surface area contributed by atoms with E-state index in [1.165, 1.54) is 23.6 Å². The van der Waals surface area contributed by atoms with Crippen LogP contribution in [0.4, 0.5) is 4.79 Å². The number of carbonyl (C=O) groups excluding carboxylic acids is 2. The summed E-state index contributed by atoms with van der Waals surface area (Å²) in [6.45, 7) is 2.29. The monoisotopic (exact) mass is 462 g/mol. The number of nitrogens with one attached hydrogen (secondary N) is 2. The summed E-state index contributed by atoms with van der Waals surface area (Å²) in [6, 6.07) is 14.7.